The van der Waals surface area contributed by atoms with Crippen LogP contribution in [-0.2, 0) is 11.2 Å². The first-order chi connectivity index (χ1) is 18.8. The largest absolute Gasteiger partial charge is 0.493 e. The van der Waals surface area contributed by atoms with Gasteiger partial charge in [0.1, 0.15) is 17.4 Å². The number of hydrogen-bond acceptors (Lipinski definition) is 8. The lowest BCUT2D eigenvalue weighted by Gasteiger charge is -2.37. The monoisotopic (exact) mass is 554 g/mol. The molecule has 1 aliphatic rings. The van der Waals surface area contributed by atoms with Crippen molar-refractivity contribution < 1.29 is 33.5 Å². The predicted molar refractivity (Wildman–Crippen MR) is 143 cm³/mol. The molecule has 1 amide bonds. The number of esters is 1. The smallest absolute Gasteiger partial charge is 0.338 e. The summed E-state index contributed by atoms with van der Waals surface area (Å²) in [4.78, 5) is 38.1. The summed E-state index contributed by atoms with van der Waals surface area (Å²) in [5.74, 6) is 0.724. The summed E-state index contributed by atoms with van der Waals surface area (Å²) < 4.78 is 22.1. The number of carbonyl (C=O) groups is 2. The Morgan fingerprint density at radius 1 is 1.03 bits per heavy atom. The lowest BCUT2D eigenvalue weighted by Crippen LogP contribution is -2.42. The van der Waals surface area contributed by atoms with Crippen molar-refractivity contribution in [1.29, 1.82) is 0 Å². The third-order valence-corrected chi connectivity index (χ3v) is 6.75. The Morgan fingerprint density at radius 3 is 2.33 bits per heavy atom. The van der Waals surface area contributed by atoms with E-state index in [2.05, 4.69) is 0 Å². The normalized spacial score (nSPS) is 14.3. The van der Waals surface area contributed by atoms with Gasteiger partial charge in [0.05, 0.1) is 37.4 Å². The Bertz CT molecular complexity index is 1390. The Hall–Kier alpha value is -4.31. The zero-order chi connectivity index (χ0) is 28.1. The second-order valence-electron chi connectivity index (χ2n) is 8.65. The Labute approximate surface area is 230 Å². The summed E-state index contributed by atoms with van der Waals surface area (Å²) in [5, 5.41) is 11.4. The van der Waals surface area contributed by atoms with Crippen LogP contribution in [-0.4, -0.2) is 55.7 Å². The minimum atomic E-state index is -0.623. The van der Waals surface area contributed by atoms with Crippen LogP contribution < -0.4 is 14.2 Å². The zero-order valence-electron chi connectivity index (χ0n) is 21.6. The number of fused-ring (bicyclic) bond motifs is 1. The highest BCUT2D eigenvalue weighted by molar-refractivity contribution is 6.32. The fourth-order valence-electron chi connectivity index (χ4n) is 4.48. The van der Waals surface area contributed by atoms with E-state index in [0.29, 0.717) is 35.8 Å². The Balaban J connectivity index is 1.67. The first kappa shape index (κ1) is 27.7. The standard InChI is InChI=1S/C28H27ClN2O8/c1-4-38-28(33)17-5-8-20(9-6-17)39-16-24-21-15-26(37-3)25(36-2)14-18(21)11-12-30(24)27(32)19-7-10-22(29)23(13-19)31(34)35/h5-10,13-15,24H,4,11-12,16H2,1-3H3. The van der Waals surface area contributed by atoms with Gasteiger partial charge in [-0.25, -0.2) is 4.79 Å². The van der Waals surface area contributed by atoms with Crippen LogP contribution in [0.2, 0.25) is 5.02 Å². The number of methoxy groups -OCH3 is 2. The summed E-state index contributed by atoms with van der Waals surface area (Å²) in [6.07, 6.45) is 0.530. The number of nitro benzene ring substituents is 1. The van der Waals surface area contributed by atoms with E-state index in [0.717, 1.165) is 11.1 Å². The van der Waals surface area contributed by atoms with E-state index in [1.54, 1.807) is 43.2 Å². The highest BCUT2D eigenvalue weighted by Gasteiger charge is 2.34. The van der Waals surface area contributed by atoms with E-state index >= 15 is 0 Å². The van der Waals surface area contributed by atoms with Crippen molar-refractivity contribution in [2.45, 2.75) is 19.4 Å². The van der Waals surface area contributed by atoms with Crippen molar-refractivity contribution in [2.75, 3.05) is 34.0 Å². The lowest BCUT2D eigenvalue weighted by atomic mass is 9.91. The quantitative estimate of drug-likeness (QED) is 0.200. The van der Waals surface area contributed by atoms with Crippen molar-refractivity contribution in [3.63, 3.8) is 0 Å². The topological polar surface area (TPSA) is 117 Å². The number of ether oxygens (including phenoxy) is 4. The average molecular weight is 555 g/mol. The number of benzene rings is 3. The highest BCUT2D eigenvalue weighted by Crippen LogP contribution is 2.39. The molecule has 3 aromatic carbocycles. The molecule has 39 heavy (non-hydrogen) atoms. The molecule has 0 radical (unpaired) electrons. The first-order valence-electron chi connectivity index (χ1n) is 12.2. The highest BCUT2D eigenvalue weighted by atomic mass is 35.5. The molecule has 204 valence electrons. The fraction of sp³-hybridized carbons (Fsp3) is 0.286. The second-order valence-corrected chi connectivity index (χ2v) is 9.06. The molecular formula is C28H27ClN2O8. The number of amides is 1. The first-order valence-corrected chi connectivity index (χ1v) is 12.5. The fourth-order valence-corrected chi connectivity index (χ4v) is 4.67. The molecule has 11 heteroatoms. The number of hydrogen-bond donors (Lipinski definition) is 0. The van der Waals surface area contributed by atoms with E-state index in [-0.39, 0.29) is 29.5 Å². The van der Waals surface area contributed by atoms with Gasteiger partial charge in [-0.1, -0.05) is 11.6 Å². The maximum Gasteiger partial charge on any atom is 0.338 e. The summed E-state index contributed by atoms with van der Waals surface area (Å²) >= 11 is 5.96. The second kappa shape index (κ2) is 12.0. The van der Waals surface area contributed by atoms with E-state index < -0.39 is 22.8 Å². The molecule has 0 saturated carbocycles. The molecule has 1 unspecified atom stereocenters. The van der Waals surface area contributed by atoms with Gasteiger partial charge >= 0.3 is 5.97 Å². The van der Waals surface area contributed by atoms with Gasteiger partial charge in [0, 0.05) is 18.2 Å². The number of carbonyl (C=O) groups excluding carboxylic acids is 2. The molecule has 10 nitrogen and oxygen atoms in total. The molecule has 3 aromatic rings. The minimum Gasteiger partial charge on any atom is -0.493 e. The van der Waals surface area contributed by atoms with Crippen molar-refractivity contribution in [3.8, 4) is 17.2 Å². The van der Waals surface area contributed by atoms with Gasteiger partial charge in [-0.2, -0.15) is 0 Å². The van der Waals surface area contributed by atoms with Crippen LogP contribution in [0.3, 0.4) is 0 Å². The van der Waals surface area contributed by atoms with Crippen molar-refractivity contribution >= 4 is 29.2 Å². The van der Waals surface area contributed by atoms with Crippen molar-refractivity contribution in [3.05, 3.63) is 92.0 Å². The predicted octanol–water partition coefficient (Wildman–Crippen LogP) is 5.26. The third-order valence-electron chi connectivity index (χ3n) is 6.43. The lowest BCUT2D eigenvalue weighted by molar-refractivity contribution is -0.384. The number of rotatable bonds is 9. The molecule has 0 fully saturated rings. The molecule has 0 N–H and O–H groups in total. The van der Waals surface area contributed by atoms with Gasteiger partial charge in [0.25, 0.3) is 11.6 Å². The van der Waals surface area contributed by atoms with Gasteiger partial charge < -0.3 is 23.8 Å². The Morgan fingerprint density at radius 2 is 1.69 bits per heavy atom. The SMILES string of the molecule is CCOC(=O)c1ccc(OCC2c3cc(OC)c(OC)cc3CCN2C(=O)c2ccc(Cl)c([N+](=O)[O-])c2)cc1. The van der Waals surface area contributed by atoms with Crippen LogP contribution in [0.4, 0.5) is 5.69 Å². The molecule has 0 aromatic heterocycles. The van der Waals surface area contributed by atoms with Gasteiger partial charge in [-0.3, -0.25) is 14.9 Å². The molecular weight excluding hydrogens is 528 g/mol. The molecule has 1 aliphatic heterocycles. The zero-order valence-corrected chi connectivity index (χ0v) is 22.4. The molecule has 0 spiro atoms. The molecule has 1 atom stereocenters. The van der Waals surface area contributed by atoms with Gasteiger partial charge in [-0.05, 0) is 73.0 Å². The van der Waals surface area contributed by atoms with Gasteiger partial charge in [0.15, 0.2) is 11.5 Å². The molecule has 0 saturated heterocycles. The molecule has 0 bridgehead atoms. The summed E-state index contributed by atoms with van der Waals surface area (Å²) in [6, 6.07) is 13.6. The van der Waals surface area contributed by atoms with Gasteiger partial charge in [0.2, 0.25) is 0 Å². The van der Waals surface area contributed by atoms with Crippen LogP contribution in [0.15, 0.2) is 54.6 Å². The molecule has 4 rings (SSSR count). The maximum absolute atomic E-state index is 13.7. The summed E-state index contributed by atoms with van der Waals surface area (Å²) in [6.45, 7) is 2.42. The van der Waals surface area contributed by atoms with Crippen LogP contribution in [0.5, 0.6) is 17.2 Å². The molecule has 0 aliphatic carbocycles. The Kier molecular flexibility index (Phi) is 8.55. The van der Waals surface area contributed by atoms with Crippen molar-refractivity contribution in [2.24, 2.45) is 0 Å². The van der Waals surface area contributed by atoms with E-state index in [1.807, 2.05) is 12.1 Å². The van der Waals surface area contributed by atoms with Crippen LogP contribution in [0, 0.1) is 10.1 Å². The van der Waals surface area contributed by atoms with Crippen LogP contribution >= 0.6 is 11.6 Å². The van der Waals surface area contributed by atoms with Gasteiger partial charge in [-0.15, -0.1) is 0 Å². The van der Waals surface area contributed by atoms with E-state index in [1.165, 1.54) is 25.3 Å². The number of halogens is 1. The van der Waals surface area contributed by atoms with Crippen LogP contribution in [0.25, 0.3) is 0 Å². The summed E-state index contributed by atoms with van der Waals surface area (Å²) in [7, 11) is 3.08. The van der Waals surface area contributed by atoms with Crippen LogP contribution in [0.1, 0.15) is 44.8 Å². The molecule has 1 heterocycles. The van der Waals surface area contributed by atoms with Crippen molar-refractivity contribution in [1.82, 2.24) is 4.90 Å². The minimum absolute atomic E-state index is 0.0523. The maximum atomic E-state index is 13.7. The summed E-state index contributed by atoms with van der Waals surface area (Å²) in [5.41, 5.74) is 1.95. The number of nitro groups is 1. The number of nitrogens with zero attached hydrogens (tertiary/aromatic N) is 2. The van der Waals surface area contributed by atoms with E-state index in [4.69, 9.17) is 30.5 Å². The van der Waals surface area contributed by atoms with E-state index in [9.17, 15) is 19.7 Å². The third kappa shape index (κ3) is 5.91. The average Bonchev–Trinajstić information content (AvgIpc) is 2.95.